The molecule has 20 heavy (non-hydrogen) atoms. The van der Waals surface area contributed by atoms with E-state index in [1.807, 2.05) is 18.2 Å². The molecule has 4 heteroatoms. The number of rotatable bonds is 5. The Bertz CT molecular complexity index is 611. The highest BCUT2D eigenvalue weighted by atomic mass is 19.1. The normalized spacial score (nSPS) is 14.3. The van der Waals surface area contributed by atoms with Gasteiger partial charge in [-0.3, -0.25) is 0 Å². The van der Waals surface area contributed by atoms with Crippen LogP contribution in [-0.4, -0.2) is 18.1 Å². The van der Waals surface area contributed by atoms with E-state index in [1.54, 1.807) is 19.4 Å². The van der Waals surface area contributed by atoms with E-state index in [1.165, 1.54) is 18.9 Å². The van der Waals surface area contributed by atoms with Gasteiger partial charge in [0.2, 0.25) is 5.88 Å². The third kappa shape index (κ3) is 2.96. The van der Waals surface area contributed by atoms with E-state index in [0.29, 0.717) is 24.0 Å². The summed E-state index contributed by atoms with van der Waals surface area (Å²) in [5, 5.41) is 3.34. The van der Waals surface area contributed by atoms with Crippen molar-refractivity contribution in [2.75, 3.05) is 7.11 Å². The molecule has 104 valence electrons. The van der Waals surface area contributed by atoms with Crippen LogP contribution >= 0.6 is 0 Å². The van der Waals surface area contributed by atoms with Crippen molar-refractivity contribution in [3.8, 4) is 17.0 Å². The summed E-state index contributed by atoms with van der Waals surface area (Å²) in [5.74, 6) is 0.396. The fourth-order valence-corrected chi connectivity index (χ4v) is 2.13. The van der Waals surface area contributed by atoms with Crippen LogP contribution in [0.25, 0.3) is 11.1 Å². The Morgan fingerprint density at radius 1 is 1.25 bits per heavy atom. The number of nitrogens with one attached hydrogen (secondary N) is 1. The SMILES string of the molecule is COc1cc(-c2ccc(F)c(CNC3CC3)c2)ccn1. The molecule has 0 amide bonds. The van der Waals surface area contributed by atoms with Crippen molar-refractivity contribution in [3.05, 3.63) is 47.9 Å². The number of benzene rings is 1. The third-order valence-corrected chi connectivity index (χ3v) is 3.48. The fourth-order valence-electron chi connectivity index (χ4n) is 2.13. The number of aromatic nitrogens is 1. The number of methoxy groups -OCH3 is 1. The maximum Gasteiger partial charge on any atom is 0.213 e. The molecule has 1 aromatic heterocycles. The molecule has 1 heterocycles. The average molecular weight is 272 g/mol. The molecule has 0 bridgehead atoms. The summed E-state index contributed by atoms with van der Waals surface area (Å²) in [5.41, 5.74) is 2.65. The average Bonchev–Trinajstić information content (AvgIpc) is 3.31. The molecule has 0 unspecified atom stereocenters. The van der Waals surface area contributed by atoms with E-state index in [0.717, 1.165) is 11.1 Å². The highest BCUT2D eigenvalue weighted by molar-refractivity contribution is 5.64. The van der Waals surface area contributed by atoms with Crippen molar-refractivity contribution in [2.24, 2.45) is 0 Å². The molecule has 0 spiro atoms. The van der Waals surface area contributed by atoms with Crippen LogP contribution in [0.4, 0.5) is 4.39 Å². The number of hydrogen-bond donors (Lipinski definition) is 1. The van der Waals surface area contributed by atoms with E-state index in [9.17, 15) is 4.39 Å². The van der Waals surface area contributed by atoms with Crippen molar-refractivity contribution < 1.29 is 9.13 Å². The van der Waals surface area contributed by atoms with Gasteiger partial charge in [-0.2, -0.15) is 0 Å². The number of halogens is 1. The van der Waals surface area contributed by atoms with Gasteiger partial charge < -0.3 is 10.1 Å². The second kappa shape index (κ2) is 5.59. The van der Waals surface area contributed by atoms with E-state index in [-0.39, 0.29) is 5.82 Å². The number of pyridine rings is 1. The maximum absolute atomic E-state index is 13.8. The molecule has 3 nitrogen and oxygen atoms in total. The minimum atomic E-state index is -0.164. The first-order chi connectivity index (χ1) is 9.76. The van der Waals surface area contributed by atoms with Crippen LogP contribution in [0.3, 0.4) is 0 Å². The Morgan fingerprint density at radius 2 is 2.05 bits per heavy atom. The van der Waals surface area contributed by atoms with Gasteiger partial charge in [0.25, 0.3) is 0 Å². The number of ether oxygens (including phenoxy) is 1. The standard InChI is InChI=1S/C16H17FN2O/c1-20-16-9-12(6-7-18-16)11-2-5-15(17)13(8-11)10-19-14-3-4-14/h2,5-9,14,19H,3-4,10H2,1H3. The Morgan fingerprint density at radius 3 is 2.80 bits per heavy atom. The molecule has 1 aliphatic carbocycles. The molecule has 0 atom stereocenters. The van der Waals surface area contributed by atoms with E-state index < -0.39 is 0 Å². The Labute approximate surface area is 117 Å². The zero-order valence-electron chi connectivity index (χ0n) is 11.4. The largest absolute Gasteiger partial charge is 0.481 e. The number of nitrogens with zero attached hydrogens (tertiary/aromatic N) is 1. The smallest absolute Gasteiger partial charge is 0.213 e. The zero-order valence-corrected chi connectivity index (χ0v) is 11.4. The molecule has 3 rings (SSSR count). The van der Waals surface area contributed by atoms with Gasteiger partial charge in [-0.15, -0.1) is 0 Å². The zero-order chi connectivity index (χ0) is 13.9. The molecule has 0 aliphatic heterocycles. The molecule has 2 aromatic rings. The Kier molecular flexibility index (Phi) is 3.65. The van der Waals surface area contributed by atoms with Gasteiger partial charge in [0.1, 0.15) is 5.82 Å². The van der Waals surface area contributed by atoms with Crippen LogP contribution in [0.1, 0.15) is 18.4 Å². The molecule has 0 saturated heterocycles. The molecule has 1 fully saturated rings. The molecule has 0 radical (unpaired) electrons. The van der Waals surface area contributed by atoms with Gasteiger partial charge >= 0.3 is 0 Å². The lowest BCUT2D eigenvalue weighted by atomic mass is 10.0. The molecule has 1 aromatic carbocycles. The van der Waals surface area contributed by atoms with Gasteiger partial charge in [0.15, 0.2) is 0 Å². The summed E-state index contributed by atoms with van der Waals surface area (Å²) < 4.78 is 18.9. The summed E-state index contributed by atoms with van der Waals surface area (Å²) in [6.07, 6.45) is 4.09. The lowest BCUT2D eigenvalue weighted by Gasteiger charge is -2.09. The van der Waals surface area contributed by atoms with Crippen molar-refractivity contribution in [1.29, 1.82) is 0 Å². The second-order valence-electron chi connectivity index (χ2n) is 5.05. The van der Waals surface area contributed by atoms with Gasteiger partial charge in [-0.05, 0) is 42.2 Å². The highest BCUT2D eigenvalue weighted by Gasteiger charge is 2.20. The second-order valence-corrected chi connectivity index (χ2v) is 5.05. The summed E-state index contributed by atoms with van der Waals surface area (Å²) in [6.45, 7) is 0.576. The van der Waals surface area contributed by atoms with Crippen LogP contribution in [0.2, 0.25) is 0 Å². The van der Waals surface area contributed by atoms with Crippen molar-refractivity contribution in [3.63, 3.8) is 0 Å². The molecular formula is C16H17FN2O. The minimum absolute atomic E-state index is 0.164. The van der Waals surface area contributed by atoms with Crippen LogP contribution < -0.4 is 10.1 Å². The van der Waals surface area contributed by atoms with Crippen LogP contribution in [-0.2, 0) is 6.54 Å². The topological polar surface area (TPSA) is 34.1 Å². The van der Waals surface area contributed by atoms with E-state index in [2.05, 4.69) is 10.3 Å². The minimum Gasteiger partial charge on any atom is -0.481 e. The molecule has 1 aliphatic rings. The van der Waals surface area contributed by atoms with Gasteiger partial charge in [0.05, 0.1) is 7.11 Å². The first kappa shape index (κ1) is 13.1. The highest BCUT2D eigenvalue weighted by Crippen LogP contribution is 2.25. The van der Waals surface area contributed by atoms with Crippen LogP contribution in [0, 0.1) is 5.82 Å². The summed E-state index contributed by atoms with van der Waals surface area (Å²) >= 11 is 0. The van der Waals surface area contributed by atoms with E-state index in [4.69, 9.17) is 4.74 Å². The lowest BCUT2D eigenvalue weighted by molar-refractivity contribution is 0.398. The summed E-state index contributed by atoms with van der Waals surface area (Å²) in [6, 6.07) is 9.51. The molecule has 1 N–H and O–H groups in total. The van der Waals surface area contributed by atoms with Crippen LogP contribution in [0.15, 0.2) is 36.5 Å². The first-order valence-electron chi connectivity index (χ1n) is 6.78. The predicted molar refractivity (Wildman–Crippen MR) is 76.0 cm³/mol. The maximum atomic E-state index is 13.8. The summed E-state index contributed by atoms with van der Waals surface area (Å²) in [7, 11) is 1.59. The van der Waals surface area contributed by atoms with Crippen molar-refractivity contribution in [1.82, 2.24) is 10.3 Å². The lowest BCUT2D eigenvalue weighted by Crippen LogP contribution is -2.16. The molecular weight excluding hydrogens is 255 g/mol. The summed E-state index contributed by atoms with van der Waals surface area (Å²) in [4.78, 5) is 4.08. The van der Waals surface area contributed by atoms with Gasteiger partial charge in [0, 0.05) is 30.4 Å². The fraction of sp³-hybridized carbons (Fsp3) is 0.312. The predicted octanol–water partition coefficient (Wildman–Crippen LogP) is 3.15. The molecule has 1 saturated carbocycles. The van der Waals surface area contributed by atoms with E-state index >= 15 is 0 Å². The number of hydrogen-bond acceptors (Lipinski definition) is 3. The quantitative estimate of drug-likeness (QED) is 0.908. The Hall–Kier alpha value is -1.94. The van der Waals surface area contributed by atoms with Crippen LogP contribution in [0.5, 0.6) is 5.88 Å². The van der Waals surface area contributed by atoms with Crippen molar-refractivity contribution in [2.45, 2.75) is 25.4 Å². The third-order valence-electron chi connectivity index (χ3n) is 3.48. The van der Waals surface area contributed by atoms with Gasteiger partial charge in [-0.25, -0.2) is 9.37 Å². The monoisotopic (exact) mass is 272 g/mol. The van der Waals surface area contributed by atoms with Gasteiger partial charge in [-0.1, -0.05) is 6.07 Å². The van der Waals surface area contributed by atoms with Crippen molar-refractivity contribution >= 4 is 0 Å². The Balaban J connectivity index is 1.86. The first-order valence-corrected chi connectivity index (χ1v) is 6.78.